The number of benzene rings is 1. The highest BCUT2D eigenvalue weighted by Crippen LogP contribution is 2.27. The molecule has 1 heterocycles. The fourth-order valence-electron chi connectivity index (χ4n) is 2.49. The van der Waals surface area contributed by atoms with Crippen molar-refractivity contribution in [3.05, 3.63) is 53.3 Å². The standard InChI is InChI=1S/C20H25N3O4/c1-13(2)23-20(25)16-10-15(11-21-12-16)19(24)22-8-7-14-5-6-17(26-3)18(9-14)27-4/h5-6,9-13H,7-8H2,1-4H3,(H,22,24)(H,23,25). The molecule has 2 amide bonds. The maximum absolute atomic E-state index is 12.3. The van der Waals surface area contributed by atoms with Gasteiger partial charge in [-0.3, -0.25) is 14.6 Å². The molecule has 0 bridgehead atoms. The Morgan fingerprint density at radius 2 is 1.67 bits per heavy atom. The molecule has 0 unspecified atom stereocenters. The zero-order chi connectivity index (χ0) is 19.8. The molecule has 2 aromatic rings. The van der Waals surface area contributed by atoms with Crippen LogP contribution in [0.1, 0.15) is 40.1 Å². The Morgan fingerprint density at radius 1 is 1.00 bits per heavy atom. The lowest BCUT2D eigenvalue weighted by molar-refractivity contribution is 0.0942. The Hall–Kier alpha value is -3.09. The van der Waals surface area contributed by atoms with Gasteiger partial charge in [-0.25, -0.2) is 0 Å². The number of hydrogen-bond acceptors (Lipinski definition) is 5. The summed E-state index contributed by atoms with van der Waals surface area (Å²) in [5, 5.41) is 5.61. The maximum atomic E-state index is 12.3. The second kappa shape index (κ2) is 9.56. The van der Waals surface area contributed by atoms with Crippen LogP contribution in [0.4, 0.5) is 0 Å². The van der Waals surface area contributed by atoms with Crippen LogP contribution < -0.4 is 20.1 Å². The van der Waals surface area contributed by atoms with E-state index in [0.29, 0.717) is 35.6 Å². The summed E-state index contributed by atoms with van der Waals surface area (Å²) in [5.41, 5.74) is 1.71. The van der Waals surface area contributed by atoms with Gasteiger partial charge in [-0.2, -0.15) is 0 Å². The number of rotatable bonds is 8. The minimum atomic E-state index is -0.276. The molecule has 0 spiro atoms. The fourth-order valence-corrected chi connectivity index (χ4v) is 2.49. The predicted molar refractivity (Wildman–Crippen MR) is 102 cm³/mol. The highest BCUT2D eigenvalue weighted by atomic mass is 16.5. The summed E-state index contributed by atoms with van der Waals surface area (Å²) in [6.07, 6.45) is 3.52. The number of carbonyl (C=O) groups excluding carboxylic acids is 2. The molecule has 7 nitrogen and oxygen atoms in total. The number of aromatic nitrogens is 1. The van der Waals surface area contributed by atoms with Crippen LogP contribution in [-0.4, -0.2) is 43.6 Å². The van der Waals surface area contributed by atoms with Gasteiger partial charge < -0.3 is 20.1 Å². The zero-order valence-corrected chi connectivity index (χ0v) is 16.0. The average Bonchev–Trinajstić information content (AvgIpc) is 2.67. The quantitative estimate of drug-likeness (QED) is 0.743. The van der Waals surface area contributed by atoms with E-state index in [4.69, 9.17) is 9.47 Å². The van der Waals surface area contributed by atoms with Crippen LogP contribution in [-0.2, 0) is 6.42 Å². The molecule has 27 heavy (non-hydrogen) atoms. The number of nitrogens with one attached hydrogen (secondary N) is 2. The summed E-state index contributed by atoms with van der Waals surface area (Å²) in [5.74, 6) is 0.780. The van der Waals surface area contributed by atoms with E-state index in [2.05, 4.69) is 15.6 Å². The number of ether oxygens (including phenoxy) is 2. The first-order valence-electron chi connectivity index (χ1n) is 8.69. The number of amides is 2. The van der Waals surface area contributed by atoms with Crippen molar-refractivity contribution in [2.45, 2.75) is 26.3 Å². The third kappa shape index (κ3) is 5.70. The van der Waals surface area contributed by atoms with Gasteiger partial charge in [0.25, 0.3) is 11.8 Å². The van der Waals surface area contributed by atoms with Crippen LogP contribution in [0, 0.1) is 0 Å². The van der Waals surface area contributed by atoms with E-state index in [0.717, 1.165) is 5.56 Å². The Bertz CT molecular complexity index is 806. The van der Waals surface area contributed by atoms with Gasteiger partial charge in [-0.15, -0.1) is 0 Å². The summed E-state index contributed by atoms with van der Waals surface area (Å²) in [4.78, 5) is 28.4. The van der Waals surface area contributed by atoms with Gasteiger partial charge in [0.15, 0.2) is 11.5 Å². The highest BCUT2D eigenvalue weighted by Gasteiger charge is 2.12. The van der Waals surface area contributed by atoms with Crippen LogP contribution in [0.15, 0.2) is 36.7 Å². The van der Waals surface area contributed by atoms with E-state index in [-0.39, 0.29) is 17.9 Å². The van der Waals surface area contributed by atoms with Crippen molar-refractivity contribution in [2.75, 3.05) is 20.8 Å². The molecule has 1 aromatic carbocycles. The van der Waals surface area contributed by atoms with Crippen LogP contribution >= 0.6 is 0 Å². The van der Waals surface area contributed by atoms with Gasteiger partial charge in [0.2, 0.25) is 0 Å². The minimum Gasteiger partial charge on any atom is -0.493 e. The summed E-state index contributed by atoms with van der Waals surface area (Å²) in [6.45, 7) is 4.18. The molecular formula is C20H25N3O4. The minimum absolute atomic E-state index is 0.0106. The molecular weight excluding hydrogens is 346 g/mol. The Labute approximate surface area is 159 Å². The molecule has 2 N–H and O–H groups in total. The average molecular weight is 371 g/mol. The first-order valence-corrected chi connectivity index (χ1v) is 8.69. The summed E-state index contributed by atoms with van der Waals surface area (Å²) in [6, 6.07) is 7.18. The highest BCUT2D eigenvalue weighted by molar-refractivity contribution is 5.99. The molecule has 0 saturated carbocycles. The summed E-state index contributed by atoms with van der Waals surface area (Å²) >= 11 is 0. The molecule has 0 aliphatic heterocycles. The van der Waals surface area contributed by atoms with E-state index in [9.17, 15) is 9.59 Å². The molecule has 0 fully saturated rings. The van der Waals surface area contributed by atoms with Crippen molar-refractivity contribution in [1.29, 1.82) is 0 Å². The Morgan fingerprint density at radius 3 is 2.30 bits per heavy atom. The molecule has 1 aromatic heterocycles. The van der Waals surface area contributed by atoms with Crippen molar-refractivity contribution in [3.63, 3.8) is 0 Å². The number of hydrogen-bond donors (Lipinski definition) is 2. The second-order valence-electron chi connectivity index (χ2n) is 6.29. The monoisotopic (exact) mass is 371 g/mol. The van der Waals surface area contributed by atoms with E-state index >= 15 is 0 Å². The molecule has 2 rings (SSSR count). The number of carbonyl (C=O) groups is 2. The third-order valence-electron chi connectivity index (χ3n) is 3.83. The zero-order valence-electron chi connectivity index (χ0n) is 16.0. The van der Waals surface area contributed by atoms with Crippen LogP contribution in [0.3, 0.4) is 0 Å². The molecule has 0 radical (unpaired) electrons. The van der Waals surface area contributed by atoms with Gasteiger partial charge in [-0.1, -0.05) is 6.07 Å². The number of pyridine rings is 1. The lowest BCUT2D eigenvalue weighted by Gasteiger charge is -2.11. The molecule has 0 saturated heterocycles. The SMILES string of the molecule is COc1ccc(CCNC(=O)c2cncc(C(=O)NC(C)C)c2)cc1OC. The first kappa shape index (κ1) is 20.2. The van der Waals surface area contributed by atoms with Crippen molar-refractivity contribution in [3.8, 4) is 11.5 Å². The molecule has 0 aliphatic carbocycles. The van der Waals surface area contributed by atoms with Crippen molar-refractivity contribution in [1.82, 2.24) is 15.6 Å². The smallest absolute Gasteiger partial charge is 0.253 e. The molecule has 7 heteroatoms. The Balaban J connectivity index is 1.95. The Kier molecular flexibility index (Phi) is 7.16. The van der Waals surface area contributed by atoms with E-state index in [1.54, 1.807) is 14.2 Å². The number of methoxy groups -OCH3 is 2. The van der Waals surface area contributed by atoms with Crippen molar-refractivity contribution >= 4 is 11.8 Å². The van der Waals surface area contributed by atoms with Gasteiger partial charge in [-0.05, 0) is 44.0 Å². The van der Waals surface area contributed by atoms with Gasteiger partial charge in [0.05, 0.1) is 25.3 Å². The van der Waals surface area contributed by atoms with Gasteiger partial charge in [0, 0.05) is 25.0 Å². The second-order valence-corrected chi connectivity index (χ2v) is 6.29. The summed E-state index contributed by atoms with van der Waals surface area (Å²) in [7, 11) is 3.17. The topological polar surface area (TPSA) is 89.5 Å². The number of nitrogens with zero attached hydrogens (tertiary/aromatic N) is 1. The van der Waals surface area contributed by atoms with E-state index in [1.807, 2.05) is 32.0 Å². The van der Waals surface area contributed by atoms with Crippen LogP contribution in [0.2, 0.25) is 0 Å². The van der Waals surface area contributed by atoms with E-state index in [1.165, 1.54) is 18.5 Å². The van der Waals surface area contributed by atoms with Crippen molar-refractivity contribution < 1.29 is 19.1 Å². The van der Waals surface area contributed by atoms with Crippen LogP contribution in [0.5, 0.6) is 11.5 Å². The van der Waals surface area contributed by atoms with Crippen molar-refractivity contribution in [2.24, 2.45) is 0 Å². The van der Waals surface area contributed by atoms with E-state index < -0.39 is 0 Å². The predicted octanol–water partition coefficient (Wildman–Crippen LogP) is 2.21. The maximum Gasteiger partial charge on any atom is 0.253 e. The largest absolute Gasteiger partial charge is 0.493 e. The van der Waals surface area contributed by atoms with Crippen LogP contribution in [0.25, 0.3) is 0 Å². The lowest BCUT2D eigenvalue weighted by atomic mass is 10.1. The molecule has 0 atom stereocenters. The lowest BCUT2D eigenvalue weighted by Crippen LogP contribution is -2.31. The summed E-state index contributed by atoms with van der Waals surface area (Å²) < 4.78 is 10.5. The first-order chi connectivity index (χ1) is 12.9. The third-order valence-corrected chi connectivity index (χ3v) is 3.83. The molecule has 0 aliphatic rings. The molecule has 144 valence electrons. The normalized spacial score (nSPS) is 10.4. The van der Waals surface area contributed by atoms with Gasteiger partial charge in [0.1, 0.15) is 0 Å². The fraction of sp³-hybridized carbons (Fsp3) is 0.350. The van der Waals surface area contributed by atoms with Gasteiger partial charge >= 0.3 is 0 Å².